The molecule has 0 rings (SSSR count). The molecule has 2 nitrogen and oxygen atoms in total. The van der Waals surface area contributed by atoms with Crippen molar-refractivity contribution in [2.75, 3.05) is 20.8 Å². The van der Waals surface area contributed by atoms with Crippen LogP contribution in [0.2, 0.25) is 0 Å². The quantitative estimate of drug-likeness (QED) is 0.318. The summed E-state index contributed by atoms with van der Waals surface area (Å²) in [4.78, 5) is 1.91. The first-order chi connectivity index (χ1) is 2.77. The monoisotopic (exact) mass is 164 g/mol. The van der Waals surface area contributed by atoms with Crippen molar-refractivity contribution in [3.63, 3.8) is 0 Å². The topological polar surface area (TPSA) is 12.5 Å². The van der Waals surface area contributed by atoms with Gasteiger partial charge in [-0.25, -0.2) is 0 Å². The van der Waals surface area contributed by atoms with Gasteiger partial charge in [0.15, 0.2) is 0 Å². The van der Waals surface area contributed by atoms with E-state index >= 15 is 0 Å². The summed E-state index contributed by atoms with van der Waals surface area (Å²) in [5, 5.41) is 0. The number of rotatable bonds is 2. The average Bonchev–Trinajstić information content (AvgIpc) is 1.35. The van der Waals surface area contributed by atoms with E-state index in [-0.39, 0.29) is 12.4 Å². The van der Waals surface area contributed by atoms with Gasteiger partial charge in [0.05, 0.1) is 0 Å². The second-order valence-electron chi connectivity index (χ2n) is 1.32. The first-order valence-electron chi connectivity index (χ1n) is 1.65. The molecule has 0 aromatic heterocycles. The molecule has 0 aromatic rings. The van der Waals surface area contributed by atoms with E-state index < -0.39 is 0 Å². The molecule has 0 amide bonds. The third-order valence-electron chi connectivity index (χ3n) is 0.307. The molecule has 0 aliphatic heterocycles. The van der Waals surface area contributed by atoms with Gasteiger partial charge in [-0.1, -0.05) is 0 Å². The summed E-state index contributed by atoms with van der Waals surface area (Å²) < 4.78 is 4.54. The maximum absolute atomic E-state index is 4.54. The summed E-state index contributed by atoms with van der Waals surface area (Å²) in [6, 6.07) is 0. The number of hydrogen-bond donors (Lipinski definition) is 0. The molecule has 0 aliphatic carbocycles. The summed E-state index contributed by atoms with van der Waals surface area (Å²) in [6.07, 6.45) is 0. The SMILES string of the molecule is CN(C)C[O][Mn+].[Cl-]. The number of hydrogen-bond acceptors (Lipinski definition) is 2. The van der Waals surface area contributed by atoms with E-state index in [2.05, 4.69) is 20.2 Å². The summed E-state index contributed by atoms with van der Waals surface area (Å²) in [6.45, 7) is 0.625. The van der Waals surface area contributed by atoms with Crippen LogP contribution in [0.1, 0.15) is 0 Å². The fourth-order valence-corrected chi connectivity index (χ4v) is 0.402. The molecule has 0 aromatic carbocycles. The molecular formula is C3H8ClMnNO. The Morgan fingerprint density at radius 1 is 1.57 bits per heavy atom. The molecule has 45 valence electrons. The summed E-state index contributed by atoms with van der Waals surface area (Å²) in [5.41, 5.74) is 0. The van der Waals surface area contributed by atoms with E-state index in [0.29, 0.717) is 6.73 Å². The van der Waals surface area contributed by atoms with Gasteiger partial charge >= 0.3 is 45.9 Å². The van der Waals surface area contributed by atoms with Gasteiger partial charge in [0.1, 0.15) is 0 Å². The van der Waals surface area contributed by atoms with E-state index in [0.717, 1.165) is 0 Å². The summed E-state index contributed by atoms with van der Waals surface area (Å²) in [5.74, 6) is 0. The molecule has 0 radical (unpaired) electrons. The molecular weight excluding hydrogens is 156 g/mol. The van der Waals surface area contributed by atoms with E-state index in [4.69, 9.17) is 0 Å². The normalized spacial score (nSPS) is 8.43. The van der Waals surface area contributed by atoms with Crippen LogP contribution in [0.25, 0.3) is 0 Å². The van der Waals surface area contributed by atoms with Crippen LogP contribution in [0.4, 0.5) is 0 Å². The molecule has 0 saturated heterocycles. The minimum absolute atomic E-state index is 0. The molecule has 0 heterocycles. The van der Waals surface area contributed by atoms with Crippen molar-refractivity contribution in [3.8, 4) is 0 Å². The third-order valence-corrected chi connectivity index (χ3v) is 0.459. The Balaban J connectivity index is 0. The molecule has 0 aliphatic rings. The molecule has 0 atom stereocenters. The third kappa shape index (κ3) is 10.8. The van der Waals surface area contributed by atoms with E-state index in [9.17, 15) is 0 Å². The molecule has 0 saturated carbocycles. The van der Waals surface area contributed by atoms with Gasteiger partial charge in [0.25, 0.3) is 0 Å². The zero-order valence-corrected chi connectivity index (χ0v) is 6.25. The molecule has 4 heteroatoms. The molecule has 7 heavy (non-hydrogen) atoms. The van der Waals surface area contributed by atoms with E-state index in [1.165, 1.54) is 0 Å². The van der Waals surface area contributed by atoms with E-state index in [1.54, 1.807) is 0 Å². The van der Waals surface area contributed by atoms with Crippen LogP contribution in [-0.4, -0.2) is 25.7 Å². The predicted octanol–water partition coefficient (Wildman–Crippen LogP) is -3.01. The maximum atomic E-state index is 4.54. The number of nitrogens with zero attached hydrogens (tertiary/aromatic N) is 1. The van der Waals surface area contributed by atoms with Gasteiger partial charge in [0.2, 0.25) is 0 Å². The van der Waals surface area contributed by atoms with Crippen molar-refractivity contribution in [1.29, 1.82) is 0 Å². The fourth-order valence-electron chi connectivity index (χ4n) is 0.0976. The summed E-state index contributed by atoms with van der Waals surface area (Å²) >= 11 is 2.81. The van der Waals surface area contributed by atoms with Gasteiger partial charge in [-0.2, -0.15) is 0 Å². The fraction of sp³-hybridized carbons (Fsp3) is 1.00. The minimum atomic E-state index is 0. The molecule has 0 fully saturated rings. The van der Waals surface area contributed by atoms with Crippen LogP contribution in [0.3, 0.4) is 0 Å². The maximum Gasteiger partial charge on any atom is -1.00 e. The minimum Gasteiger partial charge on any atom is -1.00 e. The van der Waals surface area contributed by atoms with Gasteiger partial charge in [-0.3, -0.25) is 0 Å². The molecule has 0 spiro atoms. The Bertz CT molecular complexity index is 36.1. The molecule has 0 unspecified atom stereocenters. The van der Waals surface area contributed by atoms with Crippen molar-refractivity contribution in [2.24, 2.45) is 0 Å². The van der Waals surface area contributed by atoms with Crippen LogP contribution < -0.4 is 12.4 Å². The Morgan fingerprint density at radius 3 is 2.00 bits per heavy atom. The smallest absolute Gasteiger partial charge is 1.00 e. The van der Waals surface area contributed by atoms with Crippen LogP contribution in [-0.2, 0) is 20.2 Å². The van der Waals surface area contributed by atoms with Gasteiger partial charge in [-0.15, -0.1) is 0 Å². The first kappa shape index (κ1) is 10.7. The van der Waals surface area contributed by atoms with Crippen LogP contribution in [0.15, 0.2) is 0 Å². The average molecular weight is 164 g/mol. The Kier molecular flexibility index (Phi) is 10.3. The Morgan fingerprint density at radius 2 is 2.00 bits per heavy atom. The van der Waals surface area contributed by atoms with Crippen molar-refractivity contribution >= 4 is 0 Å². The second kappa shape index (κ2) is 6.73. The van der Waals surface area contributed by atoms with Crippen molar-refractivity contribution in [3.05, 3.63) is 0 Å². The van der Waals surface area contributed by atoms with Gasteiger partial charge < -0.3 is 12.4 Å². The second-order valence-corrected chi connectivity index (χ2v) is 1.66. The van der Waals surface area contributed by atoms with Gasteiger partial charge in [-0.05, 0) is 0 Å². The predicted molar refractivity (Wildman–Crippen MR) is 19.6 cm³/mol. The Hall–Kier alpha value is 0.729. The van der Waals surface area contributed by atoms with Gasteiger partial charge in [0, 0.05) is 0 Å². The van der Waals surface area contributed by atoms with Crippen molar-refractivity contribution in [2.45, 2.75) is 0 Å². The first-order valence-corrected chi connectivity index (χ1v) is 2.14. The summed E-state index contributed by atoms with van der Waals surface area (Å²) in [7, 11) is 3.86. The van der Waals surface area contributed by atoms with Crippen LogP contribution in [0, 0.1) is 0 Å². The number of halogens is 1. The Labute approximate surface area is 58.8 Å². The molecule has 0 N–H and O–H groups in total. The van der Waals surface area contributed by atoms with Crippen molar-refractivity contribution < 1.29 is 32.6 Å². The van der Waals surface area contributed by atoms with Crippen molar-refractivity contribution in [1.82, 2.24) is 4.90 Å². The van der Waals surface area contributed by atoms with Crippen LogP contribution >= 0.6 is 0 Å². The standard InChI is InChI=1S/C3H8NO.ClH.Mn/c1-4(2)3-5;;/h3H2,1-2H3;1H;/q-1;;+2/p-1. The zero-order valence-electron chi connectivity index (χ0n) is 4.32. The largest absolute Gasteiger partial charge is 1.00 e. The molecule has 0 bridgehead atoms. The van der Waals surface area contributed by atoms with Crippen LogP contribution in [0.5, 0.6) is 0 Å². The van der Waals surface area contributed by atoms with E-state index in [1.807, 2.05) is 19.0 Å². The zero-order chi connectivity index (χ0) is 4.99.